The molecule has 8 heteroatoms. The van der Waals surface area contributed by atoms with Crippen LogP contribution in [0, 0.1) is 6.92 Å². The first kappa shape index (κ1) is 25.1. The van der Waals surface area contributed by atoms with Gasteiger partial charge >= 0.3 is 5.97 Å². The molecule has 1 atom stereocenters. The molecule has 1 saturated heterocycles. The van der Waals surface area contributed by atoms with Crippen molar-refractivity contribution in [1.82, 2.24) is 4.90 Å². The number of halogens is 1. The first-order valence-electron chi connectivity index (χ1n) is 11.6. The molecule has 3 aromatic carbocycles. The van der Waals surface area contributed by atoms with E-state index in [2.05, 4.69) is 0 Å². The largest absolute Gasteiger partial charge is 0.462 e. The fourth-order valence-electron chi connectivity index (χ4n) is 4.19. The number of hydrogen-bond acceptors (Lipinski definition) is 5. The van der Waals surface area contributed by atoms with Crippen LogP contribution in [-0.2, 0) is 20.9 Å². The highest BCUT2D eigenvalue weighted by Gasteiger charge is 2.44. The number of hydrogen-bond donors (Lipinski definition) is 0. The Hall–Kier alpha value is -3.97. The molecule has 3 amide bonds. The highest BCUT2D eigenvalue weighted by atomic mass is 35.5. The molecule has 0 aromatic heterocycles. The molecule has 7 nitrogen and oxygen atoms in total. The van der Waals surface area contributed by atoms with E-state index in [0.717, 1.165) is 10.5 Å². The maximum atomic E-state index is 13.7. The summed E-state index contributed by atoms with van der Waals surface area (Å²) >= 11 is 6.37. The summed E-state index contributed by atoms with van der Waals surface area (Å²) in [5, 5.41) is 0.461. The van der Waals surface area contributed by atoms with Crippen molar-refractivity contribution in [1.29, 1.82) is 0 Å². The molecule has 0 saturated carbocycles. The van der Waals surface area contributed by atoms with Crippen LogP contribution in [0.3, 0.4) is 0 Å². The van der Waals surface area contributed by atoms with Crippen LogP contribution in [0.25, 0.3) is 0 Å². The van der Waals surface area contributed by atoms with Crippen LogP contribution in [0.5, 0.6) is 0 Å². The number of anilines is 1. The van der Waals surface area contributed by atoms with Crippen molar-refractivity contribution < 1.29 is 23.9 Å². The number of imide groups is 1. The lowest BCUT2D eigenvalue weighted by Crippen LogP contribution is -2.45. The molecule has 1 unspecified atom stereocenters. The van der Waals surface area contributed by atoms with E-state index in [-0.39, 0.29) is 25.5 Å². The smallest absolute Gasteiger partial charge is 0.338 e. The van der Waals surface area contributed by atoms with Crippen molar-refractivity contribution in [3.63, 3.8) is 0 Å². The quantitative estimate of drug-likeness (QED) is 0.341. The van der Waals surface area contributed by atoms with Gasteiger partial charge in [0, 0.05) is 17.1 Å². The maximum absolute atomic E-state index is 13.7. The molecule has 1 aliphatic rings. The number of nitrogens with zero attached hydrogens (tertiary/aromatic N) is 2. The number of rotatable bonds is 7. The number of ether oxygens (including phenoxy) is 1. The van der Waals surface area contributed by atoms with E-state index in [1.807, 2.05) is 19.1 Å². The third kappa shape index (κ3) is 5.02. The summed E-state index contributed by atoms with van der Waals surface area (Å²) in [5.41, 5.74) is 2.50. The molecule has 1 heterocycles. The lowest BCUT2D eigenvalue weighted by Gasteiger charge is -2.28. The highest BCUT2D eigenvalue weighted by Crippen LogP contribution is 2.29. The van der Waals surface area contributed by atoms with E-state index in [4.69, 9.17) is 16.3 Å². The van der Waals surface area contributed by atoms with E-state index in [0.29, 0.717) is 27.4 Å². The number of carbonyl (C=O) groups is 4. The predicted molar refractivity (Wildman–Crippen MR) is 136 cm³/mol. The normalized spacial score (nSPS) is 15.2. The zero-order valence-corrected chi connectivity index (χ0v) is 20.7. The van der Waals surface area contributed by atoms with Gasteiger partial charge < -0.3 is 9.64 Å². The molecule has 0 bridgehead atoms. The van der Waals surface area contributed by atoms with Gasteiger partial charge in [-0.05, 0) is 61.4 Å². The Morgan fingerprint density at radius 3 is 2.33 bits per heavy atom. The van der Waals surface area contributed by atoms with Crippen molar-refractivity contribution in [2.45, 2.75) is 32.9 Å². The van der Waals surface area contributed by atoms with Gasteiger partial charge in [-0.3, -0.25) is 14.4 Å². The molecule has 184 valence electrons. The maximum Gasteiger partial charge on any atom is 0.338 e. The molecule has 4 rings (SSSR count). The lowest BCUT2D eigenvalue weighted by molar-refractivity contribution is -0.122. The van der Waals surface area contributed by atoms with Crippen LogP contribution in [0.2, 0.25) is 5.02 Å². The molecule has 0 aliphatic carbocycles. The van der Waals surface area contributed by atoms with Gasteiger partial charge in [0.1, 0.15) is 6.04 Å². The van der Waals surface area contributed by atoms with Crippen LogP contribution in [0.15, 0.2) is 72.8 Å². The minimum Gasteiger partial charge on any atom is -0.462 e. The average molecular weight is 505 g/mol. The van der Waals surface area contributed by atoms with E-state index in [1.165, 1.54) is 29.2 Å². The second-order valence-corrected chi connectivity index (χ2v) is 8.80. The van der Waals surface area contributed by atoms with Crippen LogP contribution in [0.4, 0.5) is 5.69 Å². The van der Waals surface area contributed by atoms with Gasteiger partial charge in [-0.15, -0.1) is 0 Å². The summed E-state index contributed by atoms with van der Waals surface area (Å²) in [5.74, 6) is -1.80. The summed E-state index contributed by atoms with van der Waals surface area (Å²) in [6, 6.07) is 19.2. The molecule has 1 fully saturated rings. The third-order valence-electron chi connectivity index (χ3n) is 6.07. The summed E-state index contributed by atoms with van der Waals surface area (Å²) < 4.78 is 4.99. The standard InChI is InChI=1S/C28H25ClN2O5/c1-3-36-28(35)19-12-14-21(15-13-19)31-25(32)16-24(27(31)34)30(17-20-9-5-7-11-23(20)29)26(33)22-10-6-4-8-18(22)2/h4-15,24H,3,16-17H2,1-2H3. The lowest BCUT2D eigenvalue weighted by atomic mass is 10.0. The van der Waals surface area contributed by atoms with Crippen LogP contribution in [0.1, 0.15) is 45.2 Å². The Labute approximate surface area is 214 Å². The van der Waals surface area contributed by atoms with E-state index < -0.39 is 23.8 Å². The average Bonchev–Trinajstić information content (AvgIpc) is 3.17. The van der Waals surface area contributed by atoms with E-state index >= 15 is 0 Å². The van der Waals surface area contributed by atoms with Gasteiger partial charge in [-0.1, -0.05) is 48.0 Å². The number of amides is 3. The third-order valence-corrected chi connectivity index (χ3v) is 6.44. The fourth-order valence-corrected chi connectivity index (χ4v) is 4.39. The highest BCUT2D eigenvalue weighted by molar-refractivity contribution is 6.31. The fraction of sp³-hybridized carbons (Fsp3) is 0.214. The zero-order chi connectivity index (χ0) is 25.8. The van der Waals surface area contributed by atoms with Crippen molar-refractivity contribution in [3.8, 4) is 0 Å². The van der Waals surface area contributed by atoms with Crippen molar-refractivity contribution in [2.75, 3.05) is 11.5 Å². The minimum absolute atomic E-state index is 0.0617. The molecular weight excluding hydrogens is 480 g/mol. The van der Waals surface area contributed by atoms with Crippen molar-refractivity contribution >= 4 is 41.0 Å². The first-order chi connectivity index (χ1) is 17.3. The van der Waals surface area contributed by atoms with Crippen molar-refractivity contribution in [3.05, 3.63) is 100 Å². The number of esters is 1. The number of benzene rings is 3. The van der Waals surface area contributed by atoms with Gasteiger partial charge in [0.2, 0.25) is 5.91 Å². The number of carbonyl (C=O) groups excluding carboxylic acids is 4. The van der Waals surface area contributed by atoms with Crippen LogP contribution >= 0.6 is 11.6 Å². The van der Waals surface area contributed by atoms with Gasteiger partial charge in [0.15, 0.2) is 0 Å². The number of aryl methyl sites for hydroxylation is 1. The van der Waals surface area contributed by atoms with Gasteiger partial charge in [0.05, 0.1) is 24.3 Å². The van der Waals surface area contributed by atoms with Gasteiger partial charge in [0.25, 0.3) is 11.8 Å². The van der Waals surface area contributed by atoms with E-state index in [9.17, 15) is 19.2 Å². The van der Waals surface area contributed by atoms with Crippen LogP contribution < -0.4 is 4.90 Å². The SMILES string of the molecule is CCOC(=O)c1ccc(N2C(=O)CC(N(Cc3ccccc3Cl)C(=O)c3ccccc3C)C2=O)cc1. The minimum atomic E-state index is -1.01. The Morgan fingerprint density at radius 1 is 1.00 bits per heavy atom. The first-order valence-corrected chi connectivity index (χ1v) is 11.9. The second kappa shape index (κ2) is 10.7. The topological polar surface area (TPSA) is 84.0 Å². The van der Waals surface area contributed by atoms with Crippen molar-refractivity contribution in [2.24, 2.45) is 0 Å². The zero-order valence-electron chi connectivity index (χ0n) is 19.9. The Balaban J connectivity index is 1.67. The molecule has 0 spiro atoms. The predicted octanol–water partition coefficient (Wildman–Crippen LogP) is 4.80. The monoisotopic (exact) mass is 504 g/mol. The molecule has 0 radical (unpaired) electrons. The summed E-state index contributed by atoms with van der Waals surface area (Å²) in [6.07, 6.45) is -0.166. The second-order valence-electron chi connectivity index (χ2n) is 8.39. The molecule has 36 heavy (non-hydrogen) atoms. The Bertz CT molecular complexity index is 1320. The molecule has 1 aliphatic heterocycles. The summed E-state index contributed by atoms with van der Waals surface area (Å²) in [6.45, 7) is 3.83. The van der Waals surface area contributed by atoms with E-state index in [1.54, 1.807) is 43.3 Å². The summed E-state index contributed by atoms with van der Waals surface area (Å²) in [7, 11) is 0. The molecule has 0 N–H and O–H groups in total. The Kier molecular flexibility index (Phi) is 7.50. The Morgan fingerprint density at radius 2 is 1.67 bits per heavy atom. The van der Waals surface area contributed by atoms with Crippen LogP contribution in [-0.4, -0.2) is 41.2 Å². The molecular formula is C28H25ClN2O5. The molecule has 3 aromatic rings. The van der Waals surface area contributed by atoms with Gasteiger partial charge in [-0.2, -0.15) is 0 Å². The van der Waals surface area contributed by atoms with Gasteiger partial charge in [-0.25, -0.2) is 9.69 Å². The summed E-state index contributed by atoms with van der Waals surface area (Å²) in [4.78, 5) is 54.7.